The molecule has 0 amide bonds. The van der Waals surface area contributed by atoms with E-state index in [1.165, 1.54) is 44.9 Å². The number of fused-ring (bicyclic) bond motifs is 4. The Kier molecular flexibility index (Phi) is 5.03. The normalized spacial score (nSPS) is 57.8. The van der Waals surface area contributed by atoms with Crippen molar-refractivity contribution in [2.75, 3.05) is 0 Å². The predicted octanol–water partition coefficient (Wildman–Crippen LogP) is 6.22. The van der Waals surface area contributed by atoms with Crippen molar-refractivity contribution in [1.82, 2.24) is 0 Å². The maximum Gasteiger partial charge on any atom is 0.103 e. The lowest BCUT2D eigenvalue weighted by molar-refractivity contribution is -0.117. The van der Waals surface area contributed by atoms with E-state index in [0.29, 0.717) is 35.1 Å². The molecule has 2 heterocycles. The minimum Gasteiger partial charge on any atom is -0.393 e. The first-order chi connectivity index (χ1) is 15.2. The number of epoxide rings is 2. The minimum atomic E-state index is -0.139. The van der Waals surface area contributed by atoms with Gasteiger partial charge >= 0.3 is 0 Å². The van der Waals surface area contributed by atoms with Crippen LogP contribution in [0.1, 0.15) is 99.3 Å². The molecule has 1 N–H and O–H groups in total. The van der Waals surface area contributed by atoms with E-state index in [0.717, 1.165) is 48.3 Å². The van der Waals surface area contributed by atoms with E-state index in [2.05, 4.69) is 41.5 Å². The zero-order chi connectivity index (χ0) is 22.6. The van der Waals surface area contributed by atoms with E-state index in [1.54, 1.807) is 0 Å². The number of aliphatic hydroxyl groups is 1. The van der Waals surface area contributed by atoms with Gasteiger partial charge in [0, 0.05) is 11.8 Å². The van der Waals surface area contributed by atoms with Gasteiger partial charge in [-0.25, -0.2) is 0 Å². The molecule has 4 saturated carbocycles. The van der Waals surface area contributed by atoms with Crippen molar-refractivity contribution < 1.29 is 14.6 Å². The quantitative estimate of drug-likeness (QED) is 0.512. The van der Waals surface area contributed by atoms with Gasteiger partial charge in [-0.1, -0.05) is 48.0 Å². The van der Waals surface area contributed by atoms with Crippen LogP contribution in [0.4, 0.5) is 0 Å². The highest BCUT2D eigenvalue weighted by atomic mass is 16.6. The molecule has 13 atom stereocenters. The Morgan fingerprint density at radius 1 is 0.969 bits per heavy atom. The number of hydrogen-bond donors (Lipinski definition) is 1. The summed E-state index contributed by atoms with van der Waals surface area (Å²) in [6.07, 6.45) is 12.5. The highest BCUT2D eigenvalue weighted by Crippen LogP contribution is 2.74. The van der Waals surface area contributed by atoms with E-state index < -0.39 is 0 Å². The first-order valence-corrected chi connectivity index (χ1v) is 14.2. The van der Waals surface area contributed by atoms with Crippen LogP contribution in [-0.4, -0.2) is 35.1 Å². The zero-order valence-corrected chi connectivity index (χ0v) is 21.5. The molecule has 3 nitrogen and oxygen atoms in total. The summed E-state index contributed by atoms with van der Waals surface area (Å²) in [7, 11) is 0. The van der Waals surface area contributed by atoms with Crippen molar-refractivity contribution in [3.8, 4) is 0 Å². The molecule has 6 fully saturated rings. The van der Waals surface area contributed by atoms with Crippen LogP contribution >= 0.6 is 0 Å². The zero-order valence-electron chi connectivity index (χ0n) is 21.5. The Hall–Kier alpha value is -0.120. The van der Waals surface area contributed by atoms with Gasteiger partial charge in [-0.05, 0) is 91.8 Å². The Bertz CT molecular complexity index is 751. The maximum absolute atomic E-state index is 10.4. The molecule has 2 aliphatic heterocycles. The van der Waals surface area contributed by atoms with Crippen LogP contribution in [0.15, 0.2) is 0 Å². The minimum absolute atomic E-state index is 0.0198. The third-order valence-electron chi connectivity index (χ3n) is 12.6. The summed E-state index contributed by atoms with van der Waals surface area (Å²) < 4.78 is 12.9. The van der Waals surface area contributed by atoms with Gasteiger partial charge in [0.2, 0.25) is 0 Å². The topological polar surface area (TPSA) is 45.3 Å². The van der Waals surface area contributed by atoms with E-state index in [1.807, 2.05) is 0 Å². The molecule has 0 aromatic heterocycles. The van der Waals surface area contributed by atoms with Crippen LogP contribution in [-0.2, 0) is 9.47 Å². The van der Waals surface area contributed by atoms with Gasteiger partial charge in [-0.3, -0.25) is 0 Å². The van der Waals surface area contributed by atoms with Crippen LogP contribution in [0.2, 0.25) is 0 Å². The molecule has 6 aliphatic rings. The molecule has 1 spiro atoms. The molecule has 0 bridgehead atoms. The summed E-state index contributed by atoms with van der Waals surface area (Å²) in [6.45, 7) is 14.8. The average molecular weight is 445 g/mol. The molecule has 0 aromatic rings. The molecule has 4 aliphatic carbocycles. The Balaban J connectivity index is 1.21. The Morgan fingerprint density at radius 3 is 2.47 bits per heavy atom. The first kappa shape index (κ1) is 22.4. The fourth-order valence-corrected chi connectivity index (χ4v) is 10.8. The molecule has 2 unspecified atom stereocenters. The molecular weight excluding hydrogens is 396 g/mol. The van der Waals surface area contributed by atoms with Gasteiger partial charge in [0.1, 0.15) is 5.60 Å². The lowest BCUT2D eigenvalue weighted by Crippen LogP contribution is -2.58. The molecule has 32 heavy (non-hydrogen) atoms. The lowest BCUT2D eigenvalue weighted by atomic mass is 9.44. The van der Waals surface area contributed by atoms with Crippen LogP contribution in [0.3, 0.4) is 0 Å². The van der Waals surface area contributed by atoms with Gasteiger partial charge in [0.15, 0.2) is 0 Å². The fraction of sp³-hybridized carbons (Fsp3) is 1.00. The summed E-state index contributed by atoms with van der Waals surface area (Å²) in [5.41, 5.74) is 0.795. The molecule has 0 aromatic carbocycles. The van der Waals surface area contributed by atoms with Crippen molar-refractivity contribution in [2.24, 2.45) is 52.3 Å². The first-order valence-electron chi connectivity index (χ1n) is 14.2. The largest absolute Gasteiger partial charge is 0.393 e. The molecule has 3 heteroatoms. The highest BCUT2D eigenvalue weighted by molar-refractivity contribution is 5.24. The van der Waals surface area contributed by atoms with Crippen LogP contribution in [0, 0.1) is 52.3 Å². The second-order valence-corrected chi connectivity index (χ2v) is 13.9. The summed E-state index contributed by atoms with van der Waals surface area (Å²) in [5, 5.41) is 10.4. The predicted molar refractivity (Wildman–Crippen MR) is 127 cm³/mol. The van der Waals surface area contributed by atoms with Gasteiger partial charge in [-0.2, -0.15) is 0 Å². The Morgan fingerprint density at radius 2 is 1.75 bits per heavy atom. The number of rotatable bonds is 5. The average Bonchev–Trinajstić information content (AvgIpc) is 3.62. The smallest absolute Gasteiger partial charge is 0.103 e. The van der Waals surface area contributed by atoms with Crippen LogP contribution in [0.5, 0.6) is 0 Å². The highest BCUT2D eigenvalue weighted by Gasteiger charge is 2.76. The maximum atomic E-state index is 10.4. The number of hydrogen-bond acceptors (Lipinski definition) is 3. The molecule has 182 valence electrons. The van der Waals surface area contributed by atoms with Crippen LogP contribution < -0.4 is 0 Å². The summed E-state index contributed by atoms with van der Waals surface area (Å²) >= 11 is 0. The lowest BCUT2D eigenvalue weighted by Gasteiger charge is -2.59. The van der Waals surface area contributed by atoms with E-state index >= 15 is 0 Å². The van der Waals surface area contributed by atoms with E-state index in [4.69, 9.17) is 9.47 Å². The number of aliphatic hydroxyl groups excluding tert-OH is 1. The SMILES string of the molecule is CC[C@@H](C(C)C)C1OC1[C@@H](C)[C@H]1CC[C@H]2[C@@H]3C[C@@H]4O[C@@]45C[C@@H](O)CC[C@]5(C)[C@H]3CC[C@]12C. The van der Waals surface area contributed by atoms with E-state index in [9.17, 15) is 5.11 Å². The summed E-state index contributed by atoms with van der Waals surface area (Å²) in [5.74, 6) is 5.46. The second kappa shape index (κ2) is 7.20. The van der Waals surface area contributed by atoms with Gasteiger partial charge in [-0.15, -0.1) is 0 Å². The van der Waals surface area contributed by atoms with Crippen LogP contribution in [0.25, 0.3) is 0 Å². The van der Waals surface area contributed by atoms with Gasteiger partial charge < -0.3 is 14.6 Å². The summed E-state index contributed by atoms with van der Waals surface area (Å²) in [6, 6.07) is 0. The fourth-order valence-electron chi connectivity index (χ4n) is 10.8. The van der Waals surface area contributed by atoms with Crippen molar-refractivity contribution in [3.63, 3.8) is 0 Å². The third kappa shape index (κ3) is 2.83. The van der Waals surface area contributed by atoms with Gasteiger partial charge in [0.25, 0.3) is 0 Å². The molecular formula is C29H48O3. The molecule has 0 radical (unpaired) electrons. The van der Waals surface area contributed by atoms with Crippen molar-refractivity contribution in [3.05, 3.63) is 0 Å². The third-order valence-corrected chi connectivity index (χ3v) is 12.6. The molecule has 2 saturated heterocycles. The van der Waals surface area contributed by atoms with Crippen molar-refractivity contribution in [2.45, 2.75) is 129 Å². The van der Waals surface area contributed by atoms with Gasteiger partial charge in [0.05, 0.1) is 24.4 Å². The van der Waals surface area contributed by atoms with E-state index in [-0.39, 0.29) is 11.7 Å². The summed E-state index contributed by atoms with van der Waals surface area (Å²) in [4.78, 5) is 0. The standard InChI is InChI=1S/C29H48O3/c1-7-19(16(2)3)26-25(31-26)17(4)21-8-9-22-20-14-24-29(32-24)15-18(30)10-13-28(29,6)23(20)11-12-27(21,22)5/h16-26,30H,7-15H2,1-6H3/t17-,18-,19-,20-,21+,22-,23-,24-,25?,26?,27+,28+,29-/m0/s1. The molecule has 6 rings (SSSR count). The second-order valence-electron chi connectivity index (χ2n) is 13.9. The Labute approximate surface area is 196 Å². The number of ether oxygens (including phenoxy) is 2. The monoisotopic (exact) mass is 444 g/mol. The van der Waals surface area contributed by atoms with Crippen molar-refractivity contribution in [1.29, 1.82) is 0 Å². The van der Waals surface area contributed by atoms with Crippen molar-refractivity contribution >= 4 is 0 Å².